The van der Waals surface area contributed by atoms with Crippen molar-refractivity contribution in [2.45, 2.75) is 64.3 Å². The molecule has 1 aromatic carbocycles. The second-order valence-electron chi connectivity index (χ2n) is 9.05. The molecule has 2 rings (SSSR count). The largest absolute Gasteiger partial charge is 0.492 e. The molecule has 1 saturated heterocycles. The van der Waals surface area contributed by atoms with Crippen LogP contribution in [0.1, 0.15) is 47.1 Å². The van der Waals surface area contributed by atoms with Gasteiger partial charge < -0.3 is 19.7 Å². The van der Waals surface area contributed by atoms with Crippen molar-refractivity contribution in [3.63, 3.8) is 0 Å². The predicted molar refractivity (Wildman–Crippen MR) is 135 cm³/mol. The smallest absolute Gasteiger partial charge is 0.459 e. The van der Waals surface area contributed by atoms with E-state index in [-0.39, 0.29) is 24.0 Å². The highest BCUT2D eigenvalue weighted by atomic mass is 32.2. The molecule has 0 spiro atoms. The van der Waals surface area contributed by atoms with Crippen LogP contribution in [0.2, 0.25) is 0 Å². The van der Waals surface area contributed by atoms with E-state index in [0.717, 1.165) is 0 Å². The Morgan fingerprint density at radius 3 is 2.29 bits per heavy atom. The van der Waals surface area contributed by atoms with Gasteiger partial charge in [0.05, 0.1) is 16.8 Å². The molecular formula is C25H34BNO7S. The van der Waals surface area contributed by atoms with Crippen molar-refractivity contribution in [2.75, 3.05) is 6.61 Å². The van der Waals surface area contributed by atoms with Crippen molar-refractivity contribution in [1.82, 2.24) is 5.32 Å². The maximum absolute atomic E-state index is 13.0. The summed E-state index contributed by atoms with van der Waals surface area (Å²) in [5.41, 5.74) is 2.49. The van der Waals surface area contributed by atoms with Crippen LogP contribution in [0.3, 0.4) is 0 Å². The summed E-state index contributed by atoms with van der Waals surface area (Å²) < 4.78 is 35.1. The molecule has 0 saturated carbocycles. The van der Waals surface area contributed by atoms with Crippen LogP contribution in [0, 0.1) is 5.92 Å². The molecule has 35 heavy (non-hydrogen) atoms. The van der Waals surface area contributed by atoms with Gasteiger partial charge in [-0.3, -0.25) is 4.79 Å². The second-order valence-corrected chi connectivity index (χ2v) is 11.6. The summed E-state index contributed by atoms with van der Waals surface area (Å²) in [5, 5.41) is 12.3. The SMILES string of the molecule is C=C1COB(O)/C1=C(C)/C(=C\C)C(=O)N[C@H](C(=O)OCc1ccc(S(=O)(=O)C(C)C)cc1)C(C)C. The predicted octanol–water partition coefficient (Wildman–Crippen LogP) is 2.92. The highest BCUT2D eigenvalue weighted by Crippen LogP contribution is 2.27. The lowest BCUT2D eigenvalue weighted by Crippen LogP contribution is -2.46. The van der Waals surface area contributed by atoms with Crippen LogP contribution in [0.5, 0.6) is 0 Å². The van der Waals surface area contributed by atoms with E-state index in [0.29, 0.717) is 27.8 Å². The van der Waals surface area contributed by atoms with E-state index in [9.17, 15) is 23.0 Å². The number of carbonyl (C=O) groups excluding carboxylic acids is 2. The summed E-state index contributed by atoms with van der Waals surface area (Å²) in [7, 11) is -4.54. The first-order chi connectivity index (χ1) is 16.3. The van der Waals surface area contributed by atoms with E-state index in [1.165, 1.54) is 12.1 Å². The molecular weight excluding hydrogens is 469 g/mol. The number of nitrogens with one attached hydrogen (secondary N) is 1. The average Bonchev–Trinajstić information content (AvgIpc) is 3.13. The highest BCUT2D eigenvalue weighted by molar-refractivity contribution is 7.92. The number of esters is 1. The van der Waals surface area contributed by atoms with Crippen LogP contribution in [0.4, 0.5) is 0 Å². The maximum atomic E-state index is 13.0. The Morgan fingerprint density at radius 1 is 1.23 bits per heavy atom. The molecule has 0 aromatic heterocycles. The Labute approximate surface area is 208 Å². The normalized spacial score (nSPS) is 17.1. The first kappa shape index (κ1) is 28.6. The molecule has 8 nitrogen and oxygen atoms in total. The summed E-state index contributed by atoms with van der Waals surface area (Å²) in [6, 6.07) is 5.26. The van der Waals surface area contributed by atoms with Crippen LogP contribution in [0.15, 0.2) is 64.0 Å². The van der Waals surface area contributed by atoms with Crippen LogP contribution in [-0.4, -0.2) is 50.3 Å². The fourth-order valence-corrected chi connectivity index (χ4v) is 4.70. The van der Waals surface area contributed by atoms with Gasteiger partial charge in [0.2, 0.25) is 0 Å². The summed E-state index contributed by atoms with van der Waals surface area (Å²) in [4.78, 5) is 26.1. The van der Waals surface area contributed by atoms with Crippen molar-refractivity contribution in [1.29, 1.82) is 0 Å². The van der Waals surface area contributed by atoms with Gasteiger partial charge in [0.25, 0.3) is 5.91 Å². The van der Waals surface area contributed by atoms with E-state index < -0.39 is 40.1 Å². The van der Waals surface area contributed by atoms with Gasteiger partial charge in [-0.1, -0.05) is 38.6 Å². The first-order valence-electron chi connectivity index (χ1n) is 11.5. The Morgan fingerprint density at radius 2 is 1.83 bits per heavy atom. The fraction of sp³-hybridized carbons (Fsp3) is 0.440. The lowest BCUT2D eigenvalue weighted by molar-refractivity contribution is -0.150. The Balaban J connectivity index is 2.11. The number of ether oxygens (including phenoxy) is 1. The molecule has 2 N–H and O–H groups in total. The van der Waals surface area contributed by atoms with Gasteiger partial charge in [-0.2, -0.15) is 0 Å². The van der Waals surface area contributed by atoms with Crippen LogP contribution in [0.25, 0.3) is 0 Å². The van der Waals surface area contributed by atoms with Crippen molar-refractivity contribution in [3.05, 3.63) is 64.7 Å². The van der Waals surface area contributed by atoms with Crippen molar-refractivity contribution >= 4 is 28.8 Å². The van der Waals surface area contributed by atoms with Crippen molar-refractivity contribution < 1.29 is 32.4 Å². The molecule has 1 heterocycles. The van der Waals surface area contributed by atoms with Crippen LogP contribution in [-0.2, 0) is 35.4 Å². The number of allylic oxidation sites excluding steroid dienone is 1. The van der Waals surface area contributed by atoms with Gasteiger partial charge in [0.1, 0.15) is 12.6 Å². The fourth-order valence-electron chi connectivity index (χ4n) is 3.64. The minimum absolute atomic E-state index is 0.0666. The number of hydrogen-bond donors (Lipinski definition) is 2. The second kappa shape index (κ2) is 11.8. The number of rotatable bonds is 9. The van der Waals surface area contributed by atoms with Crippen molar-refractivity contribution in [3.8, 4) is 0 Å². The molecule has 1 amide bonds. The molecule has 0 aliphatic carbocycles. The third-order valence-electron chi connectivity index (χ3n) is 5.85. The van der Waals surface area contributed by atoms with E-state index in [4.69, 9.17) is 9.39 Å². The number of sulfone groups is 1. The molecule has 1 aromatic rings. The molecule has 1 atom stereocenters. The van der Waals surface area contributed by atoms with E-state index in [1.807, 2.05) is 0 Å². The lowest BCUT2D eigenvalue weighted by atomic mass is 9.73. The van der Waals surface area contributed by atoms with Gasteiger partial charge in [-0.05, 0) is 67.9 Å². The topological polar surface area (TPSA) is 119 Å². The van der Waals surface area contributed by atoms with Gasteiger partial charge in [0, 0.05) is 5.57 Å². The van der Waals surface area contributed by atoms with E-state index in [1.54, 1.807) is 59.8 Å². The maximum Gasteiger partial charge on any atom is 0.492 e. The number of benzene rings is 1. The summed E-state index contributed by atoms with van der Waals surface area (Å²) in [6.07, 6.45) is 1.60. The number of hydrogen-bond acceptors (Lipinski definition) is 7. The minimum Gasteiger partial charge on any atom is -0.459 e. The Kier molecular flexibility index (Phi) is 9.65. The first-order valence-corrected chi connectivity index (χ1v) is 13.0. The summed E-state index contributed by atoms with van der Waals surface area (Å²) >= 11 is 0. The van der Waals surface area contributed by atoms with Gasteiger partial charge in [-0.15, -0.1) is 0 Å². The Hall–Kier alpha value is -2.69. The number of amides is 1. The van der Waals surface area contributed by atoms with Gasteiger partial charge in [0.15, 0.2) is 9.84 Å². The van der Waals surface area contributed by atoms with Crippen molar-refractivity contribution in [2.24, 2.45) is 5.92 Å². The summed E-state index contributed by atoms with van der Waals surface area (Å²) in [6.45, 7) is 14.2. The third kappa shape index (κ3) is 6.71. The molecule has 0 radical (unpaired) electrons. The van der Waals surface area contributed by atoms with Crippen LogP contribution >= 0.6 is 0 Å². The molecule has 1 aliphatic heterocycles. The van der Waals surface area contributed by atoms with Gasteiger partial charge >= 0.3 is 13.1 Å². The lowest BCUT2D eigenvalue weighted by Gasteiger charge is -2.22. The standard InChI is InChI=1S/C25H34BNO7S/c1-8-21(18(7)22-17(6)13-34-26(22)30)24(28)27-23(15(2)3)25(29)33-14-19-9-11-20(12-10-19)35(31,32)16(4)5/h8-12,15-16,23,30H,6,13-14H2,1-5,7H3,(H,27,28)/b21-8+,22-18+/t23-/m0/s1. The zero-order chi connectivity index (χ0) is 26.5. The Bertz CT molecular complexity index is 1130. The monoisotopic (exact) mass is 503 g/mol. The zero-order valence-electron chi connectivity index (χ0n) is 21.1. The van der Waals surface area contributed by atoms with E-state index >= 15 is 0 Å². The summed E-state index contributed by atoms with van der Waals surface area (Å²) in [5.74, 6) is -1.35. The van der Waals surface area contributed by atoms with E-state index in [2.05, 4.69) is 11.9 Å². The molecule has 1 aliphatic rings. The molecule has 190 valence electrons. The zero-order valence-corrected chi connectivity index (χ0v) is 21.9. The van der Waals surface area contributed by atoms with Gasteiger partial charge in [-0.25, -0.2) is 13.2 Å². The molecule has 10 heteroatoms. The highest BCUT2D eigenvalue weighted by Gasteiger charge is 2.34. The molecule has 0 unspecified atom stereocenters. The number of carbonyl (C=O) groups is 2. The molecule has 0 bridgehead atoms. The van der Waals surface area contributed by atoms with Crippen LogP contribution < -0.4 is 5.32 Å². The minimum atomic E-state index is -3.39. The molecule has 1 fully saturated rings. The average molecular weight is 503 g/mol. The quantitative estimate of drug-likeness (QED) is 0.302. The third-order valence-corrected chi connectivity index (χ3v) is 8.02.